The highest BCUT2D eigenvalue weighted by molar-refractivity contribution is 5.19. The maximum Gasteiger partial charge on any atom is 0.0698 e. The topological polar surface area (TPSA) is 21.3 Å². The second-order valence-corrected chi connectivity index (χ2v) is 3.74. The molecule has 1 aromatic carbocycles. The van der Waals surface area contributed by atoms with Gasteiger partial charge in [0.15, 0.2) is 0 Å². The van der Waals surface area contributed by atoms with Gasteiger partial charge in [0.25, 0.3) is 0 Å². The Morgan fingerprint density at radius 2 is 2.14 bits per heavy atom. The van der Waals surface area contributed by atoms with Crippen LogP contribution in [0, 0.1) is 0 Å². The zero-order chi connectivity index (χ0) is 9.80. The van der Waals surface area contributed by atoms with Crippen LogP contribution in [0.5, 0.6) is 0 Å². The van der Waals surface area contributed by atoms with Crippen molar-refractivity contribution in [2.24, 2.45) is 0 Å². The predicted molar refractivity (Wildman–Crippen MR) is 57.2 cm³/mol. The lowest BCUT2D eigenvalue weighted by atomic mass is 10.1. The van der Waals surface area contributed by atoms with E-state index in [4.69, 9.17) is 4.74 Å². The average molecular weight is 191 g/mol. The van der Waals surface area contributed by atoms with Gasteiger partial charge >= 0.3 is 0 Å². The van der Waals surface area contributed by atoms with E-state index in [1.807, 2.05) is 6.07 Å². The Balaban J connectivity index is 1.96. The molecule has 1 aliphatic heterocycles. The molecule has 0 spiro atoms. The Hall–Kier alpha value is -0.860. The molecule has 2 atom stereocenters. The van der Waals surface area contributed by atoms with Gasteiger partial charge < -0.3 is 10.1 Å². The highest BCUT2D eigenvalue weighted by atomic mass is 16.5. The lowest BCUT2D eigenvalue weighted by molar-refractivity contribution is 0.00204. The summed E-state index contributed by atoms with van der Waals surface area (Å²) in [6.45, 7) is 3.92. The second kappa shape index (κ2) is 4.58. The molecule has 0 bridgehead atoms. The van der Waals surface area contributed by atoms with Crippen LogP contribution in [0.3, 0.4) is 0 Å². The van der Waals surface area contributed by atoms with Crippen molar-refractivity contribution in [3.63, 3.8) is 0 Å². The number of nitrogens with one attached hydrogen (secondary N) is 1. The molecule has 2 nitrogen and oxygen atoms in total. The molecule has 1 saturated heterocycles. The fourth-order valence-corrected chi connectivity index (χ4v) is 1.79. The van der Waals surface area contributed by atoms with Gasteiger partial charge in [0.1, 0.15) is 0 Å². The van der Waals surface area contributed by atoms with E-state index in [1.165, 1.54) is 5.56 Å². The number of rotatable bonds is 2. The van der Waals surface area contributed by atoms with Gasteiger partial charge in [-0.3, -0.25) is 0 Å². The van der Waals surface area contributed by atoms with E-state index >= 15 is 0 Å². The molecule has 0 aliphatic carbocycles. The SMILES string of the molecule is CCC1CNC(c2ccccc2)CO1. The van der Waals surface area contributed by atoms with E-state index in [9.17, 15) is 0 Å². The van der Waals surface area contributed by atoms with Crippen molar-refractivity contribution in [3.8, 4) is 0 Å². The lowest BCUT2D eigenvalue weighted by Gasteiger charge is -2.30. The molecule has 2 heteroatoms. The quantitative estimate of drug-likeness (QED) is 0.773. The number of ether oxygens (including phenoxy) is 1. The van der Waals surface area contributed by atoms with Gasteiger partial charge in [-0.1, -0.05) is 37.3 Å². The first-order valence-corrected chi connectivity index (χ1v) is 5.30. The van der Waals surface area contributed by atoms with Crippen molar-refractivity contribution < 1.29 is 4.74 Å². The van der Waals surface area contributed by atoms with Gasteiger partial charge in [0.2, 0.25) is 0 Å². The monoisotopic (exact) mass is 191 g/mol. The molecule has 2 unspecified atom stereocenters. The first-order chi connectivity index (χ1) is 6.90. The summed E-state index contributed by atoms with van der Waals surface area (Å²) < 4.78 is 5.73. The minimum atomic E-state index is 0.374. The van der Waals surface area contributed by atoms with Crippen LogP contribution in [-0.4, -0.2) is 19.3 Å². The zero-order valence-electron chi connectivity index (χ0n) is 8.57. The standard InChI is InChI=1S/C12H17NO/c1-2-11-8-13-12(9-14-11)10-6-4-3-5-7-10/h3-7,11-13H,2,8-9H2,1H3. The van der Waals surface area contributed by atoms with Gasteiger partial charge in [0, 0.05) is 6.54 Å². The molecule has 0 aromatic heterocycles. The number of hydrogen-bond donors (Lipinski definition) is 1. The van der Waals surface area contributed by atoms with Crippen molar-refractivity contribution >= 4 is 0 Å². The van der Waals surface area contributed by atoms with Crippen LogP contribution in [-0.2, 0) is 4.74 Å². The van der Waals surface area contributed by atoms with E-state index in [1.54, 1.807) is 0 Å². The summed E-state index contributed by atoms with van der Waals surface area (Å²) in [6.07, 6.45) is 1.49. The maximum atomic E-state index is 5.73. The maximum absolute atomic E-state index is 5.73. The highest BCUT2D eigenvalue weighted by Gasteiger charge is 2.20. The summed E-state index contributed by atoms with van der Waals surface area (Å²) in [5.41, 5.74) is 1.32. The Kier molecular flexibility index (Phi) is 3.17. The Bertz CT molecular complexity index is 265. The largest absolute Gasteiger partial charge is 0.375 e. The fraction of sp³-hybridized carbons (Fsp3) is 0.500. The molecular weight excluding hydrogens is 174 g/mol. The van der Waals surface area contributed by atoms with Crippen LogP contribution in [0.25, 0.3) is 0 Å². The van der Waals surface area contributed by atoms with Gasteiger partial charge in [-0.2, -0.15) is 0 Å². The van der Waals surface area contributed by atoms with Gasteiger partial charge in [-0.15, -0.1) is 0 Å². The molecule has 1 aliphatic rings. The number of benzene rings is 1. The molecular formula is C12H17NO. The second-order valence-electron chi connectivity index (χ2n) is 3.74. The minimum absolute atomic E-state index is 0.374. The van der Waals surface area contributed by atoms with E-state index in [2.05, 4.69) is 36.5 Å². The number of morpholine rings is 1. The van der Waals surface area contributed by atoms with Crippen LogP contribution < -0.4 is 5.32 Å². The zero-order valence-corrected chi connectivity index (χ0v) is 8.57. The van der Waals surface area contributed by atoms with Crippen molar-refractivity contribution in [3.05, 3.63) is 35.9 Å². The summed E-state index contributed by atoms with van der Waals surface area (Å²) in [6, 6.07) is 10.9. The average Bonchev–Trinajstić information content (AvgIpc) is 2.30. The summed E-state index contributed by atoms with van der Waals surface area (Å²) in [5.74, 6) is 0. The highest BCUT2D eigenvalue weighted by Crippen LogP contribution is 2.17. The van der Waals surface area contributed by atoms with Crippen LogP contribution in [0.4, 0.5) is 0 Å². The molecule has 0 amide bonds. The summed E-state index contributed by atoms with van der Waals surface area (Å²) in [5, 5.41) is 3.51. The van der Waals surface area contributed by atoms with Crippen molar-refractivity contribution in [2.45, 2.75) is 25.5 Å². The fourth-order valence-electron chi connectivity index (χ4n) is 1.79. The number of hydrogen-bond acceptors (Lipinski definition) is 2. The van der Waals surface area contributed by atoms with E-state index < -0.39 is 0 Å². The van der Waals surface area contributed by atoms with E-state index in [-0.39, 0.29) is 0 Å². The van der Waals surface area contributed by atoms with E-state index in [0.29, 0.717) is 12.1 Å². The molecule has 1 heterocycles. The molecule has 14 heavy (non-hydrogen) atoms. The molecule has 1 N–H and O–H groups in total. The summed E-state index contributed by atoms with van der Waals surface area (Å²) in [7, 11) is 0. The third-order valence-electron chi connectivity index (χ3n) is 2.75. The Morgan fingerprint density at radius 3 is 2.71 bits per heavy atom. The van der Waals surface area contributed by atoms with Crippen LogP contribution >= 0.6 is 0 Å². The summed E-state index contributed by atoms with van der Waals surface area (Å²) >= 11 is 0. The minimum Gasteiger partial charge on any atom is -0.375 e. The predicted octanol–water partition coefficient (Wildman–Crippen LogP) is 2.13. The Labute approximate surface area is 85.3 Å². The van der Waals surface area contributed by atoms with Crippen molar-refractivity contribution in [2.75, 3.05) is 13.2 Å². The molecule has 2 rings (SSSR count). The third kappa shape index (κ3) is 2.14. The molecule has 0 saturated carbocycles. The van der Waals surface area contributed by atoms with Crippen molar-refractivity contribution in [1.29, 1.82) is 0 Å². The smallest absolute Gasteiger partial charge is 0.0698 e. The van der Waals surface area contributed by atoms with Crippen LogP contribution in [0.1, 0.15) is 24.9 Å². The Morgan fingerprint density at radius 1 is 1.36 bits per heavy atom. The molecule has 1 fully saturated rings. The summed E-state index contributed by atoms with van der Waals surface area (Å²) in [4.78, 5) is 0. The lowest BCUT2D eigenvalue weighted by Crippen LogP contribution is -2.40. The van der Waals surface area contributed by atoms with Crippen LogP contribution in [0.2, 0.25) is 0 Å². The normalized spacial score (nSPS) is 27.5. The molecule has 1 aromatic rings. The van der Waals surface area contributed by atoms with Crippen molar-refractivity contribution in [1.82, 2.24) is 5.32 Å². The molecule has 0 radical (unpaired) electrons. The van der Waals surface area contributed by atoms with Gasteiger partial charge in [-0.25, -0.2) is 0 Å². The van der Waals surface area contributed by atoms with Gasteiger partial charge in [0.05, 0.1) is 18.8 Å². The third-order valence-corrected chi connectivity index (χ3v) is 2.75. The van der Waals surface area contributed by atoms with Crippen LogP contribution in [0.15, 0.2) is 30.3 Å². The first kappa shape index (κ1) is 9.69. The first-order valence-electron chi connectivity index (χ1n) is 5.30. The van der Waals surface area contributed by atoms with E-state index in [0.717, 1.165) is 19.6 Å². The molecule has 76 valence electrons. The van der Waals surface area contributed by atoms with Gasteiger partial charge in [-0.05, 0) is 12.0 Å².